The summed E-state index contributed by atoms with van der Waals surface area (Å²) in [4.78, 5) is 29.3. The van der Waals surface area contributed by atoms with E-state index in [1.807, 2.05) is 0 Å². The van der Waals surface area contributed by atoms with E-state index in [2.05, 4.69) is 11.5 Å². The molecule has 1 atom stereocenters. The SMILES string of the molecule is C=CCC(N)C(=O)N1CCCN(CC(=O)N(C)C)CC1. The highest BCUT2D eigenvalue weighted by Crippen LogP contribution is 2.06. The van der Waals surface area contributed by atoms with Crippen molar-refractivity contribution in [2.24, 2.45) is 5.73 Å². The Hall–Kier alpha value is -1.40. The van der Waals surface area contributed by atoms with Gasteiger partial charge < -0.3 is 15.5 Å². The molecule has 1 fully saturated rings. The molecule has 1 aliphatic heterocycles. The van der Waals surface area contributed by atoms with Crippen LogP contribution in [-0.4, -0.2) is 79.4 Å². The van der Waals surface area contributed by atoms with Crippen LogP contribution in [0, 0.1) is 0 Å². The number of rotatable bonds is 5. The maximum absolute atomic E-state index is 12.1. The van der Waals surface area contributed by atoms with Crippen LogP contribution in [0.2, 0.25) is 0 Å². The average Bonchev–Trinajstić information content (AvgIpc) is 2.63. The first kappa shape index (κ1) is 16.7. The summed E-state index contributed by atoms with van der Waals surface area (Å²) in [5, 5.41) is 0. The molecule has 0 aliphatic carbocycles. The molecule has 1 heterocycles. The summed E-state index contributed by atoms with van der Waals surface area (Å²) in [6.45, 7) is 6.90. The fourth-order valence-electron chi connectivity index (χ4n) is 2.20. The monoisotopic (exact) mass is 282 g/mol. The zero-order valence-corrected chi connectivity index (χ0v) is 12.5. The van der Waals surface area contributed by atoms with Crippen LogP contribution >= 0.6 is 0 Å². The predicted octanol–water partition coefficient (Wildman–Crippen LogP) is -0.488. The molecule has 20 heavy (non-hydrogen) atoms. The molecule has 2 N–H and O–H groups in total. The quantitative estimate of drug-likeness (QED) is 0.691. The van der Waals surface area contributed by atoms with E-state index in [0.717, 1.165) is 13.0 Å². The molecule has 2 amide bonds. The highest BCUT2D eigenvalue weighted by molar-refractivity contribution is 5.82. The molecule has 1 rings (SSSR count). The van der Waals surface area contributed by atoms with Crippen LogP contribution in [0.15, 0.2) is 12.7 Å². The van der Waals surface area contributed by atoms with Crippen molar-refractivity contribution in [3.05, 3.63) is 12.7 Å². The van der Waals surface area contributed by atoms with Crippen molar-refractivity contribution in [2.45, 2.75) is 18.9 Å². The summed E-state index contributed by atoms with van der Waals surface area (Å²) in [7, 11) is 3.51. The van der Waals surface area contributed by atoms with Gasteiger partial charge in [0.2, 0.25) is 11.8 Å². The molecule has 1 saturated heterocycles. The van der Waals surface area contributed by atoms with Crippen molar-refractivity contribution >= 4 is 11.8 Å². The zero-order valence-electron chi connectivity index (χ0n) is 12.5. The fourth-order valence-corrected chi connectivity index (χ4v) is 2.20. The van der Waals surface area contributed by atoms with Crippen LogP contribution < -0.4 is 5.73 Å². The maximum atomic E-state index is 12.1. The highest BCUT2D eigenvalue weighted by Gasteiger charge is 2.23. The lowest BCUT2D eigenvalue weighted by molar-refractivity contribution is -0.132. The molecular formula is C14H26N4O2. The zero-order chi connectivity index (χ0) is 15.1. The van der Waals surface area contributed by atoms with E-state index >= 15 is 0 Å². The summed E-state index contributed by atoms with van der Waals surface area (Å²) in [6.07, 6.45) is 3.04. The summed E-state index contributed by atoms with van der Waals surface area (Å²) < 4.78 is 0. The Bertz CT molecular complexity index is 357. The lowest BCUT2D eigenvalue weighted by Gasteiger charge is -2.24. The van der Waals surface area contributed by atoms with Gasteiger partial charge in [-0.1, -0.05) is 6.08 Å². The van der Waals surface area contributed by atoms with Crippen LogP contribution in [0.1, 0.15) is 12.8 Å². The number of carbonyl (C=O) groups excluding carboxylic acids is 2. The Morgan fingerprint density at radius 3 is 2.60 bits per heavy atom. The van der Waals surface area contributed by atoms with Crippen molar-refractivity contribution in [3.63, 3.8) is 0 Å². The second kappa shape index (κ2) is 8.01. The Morgan fingerprint density at radius 2 is 2.00 bits per heavy atom. The van der Waals surface area contributed by atoms with Crippen molar-refractivity contribution in [1.82, 2.24) is 14.7 Å². The number of nitrogens with two attached hydrogens (primary N) is 1. The van der Waals surface area contributed by atoms with Crippen LogP contribution in [0.25, 0.3) is 0 Å². The number of likely N-dealkylation sites (N-methyl/N-ethyl adjacent to an activating group) is 1. The predicted molar refractivity (Wildman–Crippen MR) is 79.1 cm³/mol. The van der Waals surface area contributed by atoms with Crippen LogP contribution in [0.3, 0.4) is 0 Å². The van der Waals surface area contributed by atoms with E-state index in [1.165, 1.54) is 0 Å². The van der Waals surface area contributed by atoms with E-state index in [0.29, 0.717) is 32.6 Å². The Labute approximate surface area is 121 Å². The molecule has 6 heteroatoms. The molecule has 0 bridgehead atoms. The third kappa shape index (κ3) is 4.94. The summed E-state index contributed by atoms with van der Waals surface area (Å²) in [5.41, 5.74) is 5.83. The van der Waals surface area contributed by atoms with Crippen molar-refractivity contribution in [3.8, 4) is 0 Å². The molecule has 1 aliphatic rings. The van der Waals surface area contributed by atoms with Gasteiger partial charge in [0.25, 0.3) is 0 Å². The minimum Gasteiger partial charge on any atom is -0.348 e. The highest BCUT2D eigenvalue weighted by atomic mass is 16.2. The first-order valence-corrected chi connectivity index (χ1v) is 7.03. The fraction of sp³-hybridized carbons (Fsp3) is 0.714. The normalized spacial score (nSPS) is 18.2. The van der Waals surface area contributed by atoms with Gasteiger partial charge in [0.05, 0.1) is 12.6 Å². The molecule has 0 aromatic rings. The molecule has 1 unspecified atom stereocenters. The second-order valence-electron chi connectivity index (χ2n) is 5.37. The van der Waals surface area contributed by atoms with Gasteiger partial charge in [0, 0.05) is 40.3 Å². The summed E-state index contributed by atoms with van der Waals surface area (Å²) >= 11 is 0. The number of hydrogen-bond acceptors (Lipinski definition) is 4. The van der Waals surface area contributed by atoms with Crippen molar-refractivity contribution < 1.29 is 9.59 Å². The molecule has 0 aromatic heterocycles. The van der Waals surface area contributed by atoms with E-state index in [9.17, 15) is 9.59 Å². The number of nitrogens with zero attached hydrogens (tertiary/aromatic N) is 3. The van der Waals surface area contributed by atoms with Gasteiger partial charge in [0.1, 0.15) is 0 Å². The molecule has 114 valence electrons. The minimum absolute atomic E-state index is 0.0225. The van der Waals surface area contributed by atoms with Crippen molar-refractivity contribution in [1.29, 1.82) is 0 Å². The number of carbonyl (C=O) groups is 2. The van der Waals surface area contributed by atoms with Gasteiger partial charge in [-0.2, -0.15) is 0 Å². The maximum Gasteiger partial charge on any atom is 0.239 e. The van der Waals surface area contributed by atoms with E-state index in [-0.39, 0.29) is 11.8 Å². The van der Waals surface area contributed by atoms with Gasteiger partial charge >= 0.3 is 0 Å². The molecule has 6 nitrogen and oxygen atoms in total. The van der Waals surface area contributed by atoms with E-state index in [4.69, 9.17) is 5.73 Å². The first-order chi connectivity index (χ1) is 9.45. The minimum atomic E-state index is -0.498. The Balaban J connectivity index is 2.48. The third-order valence-electron chi connectivity index (χ3n) is 3.50. The van der Waals surface area contributed by atoms with Gasteiger partial charge in [-0.05, 0) is 12.8 Å². The standard InChI is InChI=1S/C14H26N4O2/c1-4-6-12(15)14(20)18-8-5-7-17(9-10-18)11-13(19)16(2)3/h4,12H,1,5-11,15H2,2-3H3. The molecule has 0 spiro atoms. The van der Waals surface area contributed by atoms with Gasteiger partial charge in [-0.15, -0.1) is 6.58 Å². The lowest BCUT2D eigenvalue weighted by Crippen LogP contribution is -2.45. The average molecular weight is 282 g/mol. The van der Waals surface area contributed by atoms with Gasteiger partial charge in [-0.3, -0.25) is 14.5 Å². The van der Waals surface area contributed by atoms with E-state index in [1.54, 1.807) is 30.0 Å². The number of hydrogen-bond donors (Lipinski definition) is 1. The summed E-state index contributed by atoms with van der Waals surface area (Å²) in [6, 6.07) is -0.498. The van der Waals surface area contributed by atoms with Crippen LogP contribution in [0.5, 0.6) is 0 Å². The Morgan fingerprint density at radius 1 is 1.30 bits per heavy atom. The molecular weight excluding hydrogens is 256 g/mol. The largest absolute Gasteiger partial charge is 0.348 e. The second-order valence-corrected chi connectivity index (χ2v) is 5.37. The third-order valence-corrected chi connectivity index (χ3v) is 3.50. The topological polar surface area (TPSA) is 69.9 Å². The van der Waals surface area contributed by atoms with Crippen LogP contribution in [-0.2, 0) is 9.59 Å². The van der Waals surface area contributed by atoms with Crippen molar-refractivity contribution in [2.75, 3.05) is 46.8 Å². The van der Waals surface area contributed by atoms with Gasteiger partial charge in [0.15, 0.2) is 0 Å². The van der Waals surface area contributed by atoms with Gasteiger partial charge in [-0.25, -0.2) is 0 Å². The smallest absolute Gasteiger partial charge is 0.239 e. The Kier molecular flexibility index (Phi) is 6.67. The molecule has 0 radical (unpaired) electrons. The van der Waals surface area contributed by atoms with Crippen LogP contribution in [0.4, 0.5) is 0 Å². The summed E-state index contributed by atoms with van der Waals surface area (Å²) in [5.74, 6) is 0.0684. The number of amides is 2. The lowest BCUT2D eigenvalue weighted by atomic mass is 10.2. The van der Waals surface area contributed by atoms with E-state index < -0.39 is 6.04 Å². The first-order valence-electron chi connectivity index (χ1n) is 7.03. The molecule has 0 aromatic carbocycles. The molecule has 0 saturated carbocycles.